The lowest BCUT2D eigenvalue weighted by Crippen LogP contribution is -2.32. The average Bonchev–Trinajstić information content (AvgIpc) is 2.72. The van der Waals surface area contributed by atoms with E-state index in [4.69, 9.17) is 9.47 Å². The van der Waals surface area contributed by atoms with Crippen LogP contribution in [-0.2, 0) is 14.3 Å². The summed E-state index contributed by atoms with van der Waals surface area (Å²) >= 11 is 0. The minimum atomic E-state index is -1.01. The van der Waals surface area contributed by atoms with E-state index in [0.29, 0.717) is 5.69 Å². The summed E-state index contributed by atoms with van der Waals surface area (Å²) < 4.78 is 10.3. The monoisotopic (exact) mass is 400 g/mol. The number of nitro groups is 1. The molecule has 0 aromatic heterocycles. The number of esters is 1. The number of hydrogen-bond acceptors (Lipinski definition) is 6. The molecule has 2 aromatic rings. The fourth-order valence-electron chi connectivity index (χ4n) is 2.59. The molecule has 29 heavy (non-hydrogen) atoms. The third-order valence-electron chi connectivity index (χ3n) is 4.44. The number of non-ortho nitro benzene ring substituents is 1. The molecule has 1 N–H and O–H groups in total. The number of amides is 1. The summed E-state index contributed by atoms with van der Waals surface area (Å²) in [7, 11) is 0. The van der Waals surface area contributed by atoms with Gasteiger partial charge in [0.1, 0.15) is 5.75 Å². The van der Waals surface area contributed by atoms with Crippen molar-refractivity contribution in [3.8, 4) is 5.75 Å². The number of ether oxygens (including phenoxy) is 2. The van der Waals surface area contributed by atoms with Gasteiger partial charge in [0.05, 0.1) is 4.92 Å². The van der Waals surface area contributed by atoms with Crippen LogP contribution in [0.3, 0.4) is 0 Å². The van der Waals surface area contributed by atoms with Crippen molar-refractivity contribution in [2.24, 2.45) is 0 Å². The van der Waals surface area contributed by atoms with Gasteiger partial charge in [0.2, 0.25) is 0 Å². The standard InChI is InChI=1S/C21H24N2O6/c1-4-14(2)18-7-5-6-8-19(18)22-21(25)15(3)29-20(24)13-28-17-11-9-16(10-12-17)23(26)27/h5-12,14-15H,4,13H2,1-3H3,(H,22,25)/t14-,15+/m0/s1. The van der Waals surface area contributed by atoms with Gasteiger partial charge in [-0.2, -0.15) is 0 Å². The van der Waals surface area contributed by atoms with Crippen molar-refractivity contribution < 1.29 is 24.0 Å². The maximum absolute atomic E-state index is 12.4. The van der Waals surface area contributed by atoms with Gasteiger partial charge in [-0.3, -0.25) is 14.9 Å². The van der Waals surface area contributed by atoms with E-state index in [2.05, 4.69) is 19.2 Å². The minimum absolute atomic E-state index is 0.0807. The average molecular weight is 400 g/mol. The summed E-state index contributed by atoms with van der Waals surface area (Å²) in [6.45, 7) is 5.20. The van der Waals surface area contributed by atoms with Crippen LogP contribution in [0.25, 0.3) is 0 Å². The Morgan fingerprint density at radius 3 is 2.38 bits per heavy atom. The zero-order valence-corrected chi connectivity index (χ0v) is 16.6. The molecule has 8 nitrogen and oxygen atoms in total. The highest BCUT2D eigenvalue weighted by atomic mass is 16.6. The lowest BCUT2D eigenvalue weighted by Gasteiger charge is -2.18. The first-order valence-corrected chi connectivity index (χ1v) is 9.28. The van der Waals surface area contributed by atoms with E-state index in [1.54, 1.807) is 0 Å². The molecule has 0 aliphatic rings. The molecule has 0 saturated carbocycles. The minimum Gasteiger partial charge on any atom is -0.482 e. The van der Waals surface area contributed by atoms with Crippen molar-refractivity contribution in [1.29, 1.82) is 0 Å². The van der Waals surface area contributed by atoms with Gasteiger partial charge in [-0.1, -0.05) is 32.0 Å². The van der Waals surface area contributed by atoms with Crippen LogP contribution < -0.4 is 10.1 Å². The van der Waals surface area contributed by atoms with Crippen LogP contribution in [0.5, 0.6) is 5.75 Å². The molecule has 0 saturated heterocycles. The third kappa shape index (κ3) is 6.31. The number of nitro benzene ring substituents is 1. The Labute approximate surface area is 169 Å². The van der Waals surface area contributed by atoms with Crippen LogP contribution in [0, 0.1) is 10.1 Å². The first kappa shape index (κ1) is 21.9. The predicted octanol–water partition coefficient (Wildman–Crippen LogP) is 4.06. The van der Waals surface area contributed by atoms with Crippen LogP contribution >= 0.6 is 0 Å². The Bertz CT molecular complexity index is 866. The number of nitrogens with one attached hydrogen (secondary N) is 1. The van der Waals surface area contributed by atoms with Gasteiger partial charge in [-0.25, -0.2) is 4.79 Å². The molecule has 0 aliphatic carbocycles. The molecule has 154 valence electrons. The van der Waals surface area contributed by atoms with Crippen LogP contribution in [0.2, 0.25) is 0 Å². The van der Waals surface area contributed by atoms with Gasteiger partial charge >= 0.3 is 5.97 Å². The van der Waals surface area contributed by atoms with E-state index in [-0.39, 0.29) is 17.4 Å². The van der Waals surface area contributed by atoms with Crippen LogP contribution in [0.4, 0.5) is 11.4 Å². The Morgan fingerprint density at radius 1 is 1.10 bits per heavy atom. The number of para-hydroxylation sites is 1. The van der Waals surface area contributed by atoms with Crippen LogP contribution in [-0.4, -0.2) is 29.5 Å². The maximum atomic E-state index is 12.4. The third-order valence-corrected chi connectivity index (χ3v) is 4.44. The molecule has 0 aliphatic heterocycles. The quantitative estimate of drug-likeness (QED) is 0.386. The molecule has 0 radical (unpaired) electrons. The first-order valence-electron chi connectivity index (χ1n) is 9.28. The molecule has 1 amide bonds. The Kier molecular flexibility index (Phi) is 7.70. The number of hydrogen-bond donors (Lipinski definition) is 1. The summed E-state index contributed by atoms with van der Waals surface area (Å²) in [5.74, 6) is -0.600. The number of carbonyl (C=O) groups is 2. The summed E-state index contributed by atoms with van der Waals surface area (Å²) in [4.78, 5) is 34.4. The number of anilines is 1. The summed E-state index contributed by atoms with van der Waals surface area (Å²) in [5, 5.41) is 13.4. The van der Waals surface area contributed by atoms with Crippen molar-refractivity contribution in [3.63, 3.8) is 0 Å². The van der Waals surface area contributed by atoms with Gasteiger partial charge in [-0.05, 0) is 43.0 Å². The van der Waals surface area contributed by atoms with E-state index in [1.165, 1.54) is 31.2 Å². The van der Waals surface area contributed by atoms with E-state index < -0.39 is 29.5 Å². The van der Waals surface area contributed by atoms with E-state index >= 15 is 0 Å². The molecule has 0 unspecified atom stereocenters. The second-order valence-corrected chi connectivity index (χ2v) is 6.56. The number of rotatable bonds is 9. The Morgan fingerprint density at radius 2 is 1.76 bits per heavy atom. The van der Waals surface area contributed by atoms with E-state index in [9.17, 15) is 19.7 Å². The van der Waals surface area contributed by atoms with Crippen LogP contribution in [0.15, 0.2) is 48.5 Å². The van der Waals surface area contributed by atoms with Gasteiger partial charge in [0.25, 0.3) is 11.6 Å². The molecular weight excluding hydrogens is 376 g/mol. The van der Waals surface area contributed by atoms with Gasteiger partial charge in [0.15, 0.2) is 12.7 Å². The van der Waals surface area contributed by atoms with Crippen molar-refractivity contribution >= 4 is 23.3 Å². The number of benzene rings is 2. The summed E-state index contributed by atoms with van der Waals surface area (Å²) in [6.07, 6.45) is -0.0785. The Hall–Kier alpha value is -3.42. The number of carbonyl (C=O) groups excluding carboxylic acids is 2. The zero-order valence-electron chi connectivity index (χ0n) is 16.6. The maximum Gasteiger partial charge on any atom is 0.344 e. The largest absolute Gasteiger partial charge is 0.482 e. The molecule has 0 heterocycles. The smallest absolute Gasteiger partial charge is 0.344 e. The van der Waals surface area contributed by atoms with Crippen LogP contribution in [0.1, 0.15) is 38.7 Å². The van der Waals surface area contributed by atoms with Gasteiger partial charge in [0, 0.05) is 17.8 Å². The van der Waals surface area contributed by atoms with Crippen molar-refractivity contribution in [2.45, 2.75) is 39.2 Å². The molecule has 2 aromatic carbocycles. The lowest BCUT2D eigenvalue weighted by molar-refractivity contribution is -0.384. The highest BCUT2D eigenvalue weighted by Gasteiger charge is 2.20. The topological polar surface area (TPSA) is 108 Å². The zero-order chi connectivity index (χ0) is 21.4. The molecule has 2 atom stereocenters. The highest BCUT2D eigenvalue weighted by Crippen LogP contribution is 2.26. The second kappa shape index (κ2) is 10.2. The van der Waals surface area contributed by atoms with Crippen molar-refractivity contribution in [2.75, 3.05) is 11.9 Å². The summed E-state index contributed by atoms with van der Waals surface area (Å²) in [5.41, 5.74) is 1.63. The normalized spacial score (nSPS) is 12.5. The van der Waals surface area contributed by atoms with Crippen molar-refractivity contribution in [3.05, 3.63) is 64.2 Å². The van der Waals surface area contributed by atoms with Gasteiger partial charge < -0.3 is 14.8 Å². The van der Waals surface area contributed by atoms with E-state index in [1.807, 2.05) is 24.3 Å². The highest BCUT2D eigenvalue weighted by molar-refractivity contribution is 5.95. The van der Waals surface area contributed by atoms with Gasteiger partial charge in [-0.15, -0.1) is 0 Å². The van der Waals surface area contributed by atoms with E-state index in [0.717, 1.165) is 12.0 Å². The number of nitrogens with zero attached hydrogens (tertiary/aromatic N) is 1. The summed E-state index contributed by atoms with van der Waals surface area (Å²) in [6, 6.07) is 12.8. The second-order valence-electron chi connectivity index (χ2n) is 6.56. The first-order chi connectivity index (χ1) is 13.8. The SMILES string of the molecule is CC[C@H](C)c1ccccc1NC(=O)[C@@H](C)OC(=O)COc1ccc([N+](=O)[O-])cc1. The molecule has 0 fully saturated rings. The Balaban J connectivity index is 1.87. The molecule has 8 heteroatoms. The molecule has 0 bridgehead atoms. The fourth-order valence-corrected chi connectivity index (χ4v) is 2.59. The molecular formula is C21H24N2O6. The molecule has 0 spiro atoms. The lowest BCUT2D eigenvalue weighted by atomic mass is 9.97. The molecule has 2 rings (SSSR count). The predicted molar refractivity (Wildman–Crippen MR) is 108 cm³/mol. The van der Waals surface area contributed by atoms with Crippen molar-refractivity contribution in [1.82, 2.24) is 0 Å². The fraction of sp³-hybridized carbons (Fsp3) is 0.333.